The molecule has 2 atom stereocenters. The topological polar surface area (TPSA) is 75.4 Å². The van der Waals surface area contributed by atoms with Gasteiger partial charge < -0.3 is 10.0 Å². The molecule has 0 spiro atoms. The molecule has 1 N–H and O–H groups in total. The fourth-order valence-corrected chi connectivity index (χ4v) is 5.29. The van der Waals surface area contributed by atoms with Crippen LogP contribution >= 0.6 is 0 Å². The maximum atomic E-state index is 13.0. The lowest BCUT2D eigenvalue weighted by Crippen LogP contribution is -2.37. The van der Waals surface area contributed by atoms with Gasteiger partial charge in [0.2, 0.25) is 0 Å². The summed E-state index contributed by atoms with van der Waals surface area (Å²) in [7, 11) is 0. The van der Waals surface area contributed by atoms with Crippen molar-refractivity contribution in [3.8, 4) is 0 Å². The Bertz CT molecular complexity index is 692. The fraction of sp³-hybridized carbons (Fsp3) is 0.737. The van der Waals surface area contributed by atoms with Crippen molar-refractivity contribution in [2.24, 2.45) is 11.3 Å². The Balaban J connectivity index is 1.54. The van der Waals surface area contributed by atoms with E-state index in [1.54, 1.807) is 11.1 Å². The number of carbonyl (C=O) groups excluding carboxylic acids is 1. The summed E-state index contributed by atoms with van der Waals surface area (Å²) < 4.78 is 2.02. The van der Waals surface area contributed by atoms with Crippen LogP contribution in [0.2, 0.25) is 0 Å². The molecule has 3 aliphatic rings. The Morgan fingerprint density at radius 1 is 1.20 bits per heavy atom. The number of rotatable bonds is 3. The van der Waals surface area contributed by atoms with Crippen LogP contribution in [-0.2, 0) is 4.79 Å². The molecule has 1 aromatic heterocycles. The van der Waals surface area contributed by atoms with E-state index in [-0.39, 0.29) is 11.8 Å². The highest BCUT2D eigenvalue weighted by Gasteiger charge is 2.56. The molecule has 136 valence electrons. The number of fused-ring (bicyclic) bond motifs is 1. The standard InChI is InChI=1S/C19H27N3O3/c1-13-16(10-20-22(13)15-7-3-2-4-8-15)17(23)21-11-14-6-5-9-19(14,12-21)18(24)25/h10,14-15H,2-9,11-12H2,1H3,(H,24,25)/t14-,19+/m0/s1. The smallest absolute Gasteiger partial charge is 0.311 e. The number of carboxylic acid groups (broad SMARTS) is 1. The van der Waals surface area contributed by atoms with Crippen molar-refractivity contribution in [3.63, 3.8) is 0 Å². The van der Waals surface area contributed by atoms with Crippen LogP contribution in [0.3, 0.4) is 0 Å². The van der Waals surface area contributed by atoms with Gasteiger partial charge in [0.1, 0.15) is 0 Å². The number of aliphatic carboxylic acids is 1. The fourth-order valence-electron chi connectivity index (χ4n) is 5.29. The van der Waals surface area contributed by atoms with Crippen LogP contribution in [-0.4, -0.2) is 44.8 Å². The zero-order chi connectivity index (χ0) is 17.6. The molecule has 1 saturated heterocycles. The van der Waals surface area contributed by atoms with Crippen molar-refractivity contribution in [1.82, 2.24) is 14.7 Å². The van der Waals surface area contributed by atoms with Crippen LogP contribution in [0.1, 0.15) is 73.5 Å². The highest BCUT2D eigenvalue weighted by atomic mass is 16.4. The summed E-state index contributed by atoms with van der Waals surface area (Å²) in [4.78, 5) is 26.6. The van der Waals surface area contributed by atoms with Gasteiger partial charge >= 0.3 is 5.97 Å². The maximum Gasteiger partial charge on any atom is 0.311 e. The minimum Gasteiger partial charge on any atom is -0.481 e. The molecular formula is C19H27N3O3. The Morgan fingerprint density at radius 3 is 2.64 bits per heavy atom. The maximum absolute atomic E-state index is 13.0. The normalized spacial score (nSPS) is 29.8. The first-order chi connectivity index (χ1) is 12.0. The third-order valence-corrected chi connectivity index (χ3v) is 6.78. The minimum absolute atomic E-state index is 0.0467. The summed E-state index contributed by atoms with van der Waals surface area (Å²) in [6.45, 7) is 2.89. The number of aromatic nitrogens is 2. The van der Waals surface area contributed by atoms with Gasteiger partial charge in [0.05, 0.1) is 23.2 Å². The average molecular weight is 345 g/mol. The van der Waals surface area contributed by atoms with E-state index >= 15 is 0 Å². The molecule has 0 bridgehead atoms. The molecule has 4 rings (SSSR count). The number of carbonyl (C=O) groups is 2. The van der Waals surface area contributed by atoms with Crippen molar-refractivity contribution < 1.29 is 14.7 Å². The van der Waals surface area contributed by atoms with Gasteiger partial charge in [-0.2, -0.15) is 5.10 Å². The van der Waals surface area contributed by atoms with Gasteiger partial charge in [0.15, 0.2) is 0 Å². The summed E-state index contributed by atoms with van der Waals surface area (Å²) in [5, 5.41) is 14.2. The quantitative estimate of drug-likeness (QED) is 0.914. The van der Waals surface area contributed by atoms with E-state index in [0.717, 1.165) is 31.4 Å². The zero-order valence-electron chi connectivity index (χ0n) is 14.9. The molecule has 25 heavy (non-hydrogen) atoms. The summed E-state index contributed by atoms with van der Waals surface area (Å²) in [6, 6.07) is 0.402. The Kier molecular flexibility index (Phi) is 4.08. The number of amides is 1. The second kappa shape index (κ2) is 6.15. The Hall–Kier alpha value is -1.85. The molecule has 0 unspecified atom stereocenters. The van der Waals surface area contributed by atoms with Crippen molar-refractivity contribution in [1.29, 1.82) is 0 Å². The summed E-state index contributed by atoms with van der Waals surface area (Å²) in [6.07, 6.45) is 10.2. The molecule has 3 fully saturated rings. The van der Waals surface area contributed by atoms with Crippen LogP contribution < -0.4 is 0 Å². The number of carboxylic acids is 1. The number of nitrogens with zero attached hydrogens (tertiary/aromatic N) is 3. The third kappa shape index (κ3) is 2.57. The molecule has 1 amide bonds. The van der Waals surface area contributed by atoms with Crippen LogP contribution in [0.15, 0.2) is 6.20 Å². The summed E-state index contributed by atoms with van der Waals surface area (Å²) in [5.74, 6) is -0.683. The van der Waals surface area contributed by atoms with Gasteiger partial charge in [-0.05, 0) is 38.5 Å². The van der Waals surface area contributed by atoms with Gasteiger partial charge in [-0.25, -0.2) is 0 Å². The van der Waals surface area contributed by atoms with Crippen LogP contribution in [0.25, 0.3) is 0 Å². The monoisotopic (exact) mass is 345 g/mol. The molecule has 6 heteroatoms. The predicted molar refractivity (Wildman–Crippen MR) is 92.4 cm³/mol. The minimum atomic E-state index is -0.736. The molecule has 6 nitrogen and oxygen atoms in total. The number of hydrogen-bond donors (Lipinski definition) is 1. The van der Waals surface area contributed by atoms with Crippen molar-refractivity contribution in [2.75, 3.05) is 13.1 Å². The summed E-state index contributed by atoms with van der Waals surface area (Å²) in [5.41, 5.74) is 0.854. The molecule has 1 aromatic rings. The Morgan fingerprint density at radius 2 is 1.96 bits per heavy atom. The van der Waals surface area contributed by atoms with E-state index in [4.69, 9.17) is 0 Å². The highest BCUT2D eigenvalue weighted by molar-refractivity contribution is 5.96. The van der Waals surface area contributed by atoms with Gasteiger partial charge in [0, 0.05) is 18.8 Å². The van der Waals surface area contributed by atoms with Crippen molar-refractivity contribution in [2.45, 2.75) is 64.3 Å². The molecule has 2 heterocycles. The van der Waals surface area contributed by atoms with Crippen LogP contribution in [0, 0.1) is 18.3 Å². The van der Waals surface area contributed by atoms with E-state index in [2.05, 4.69) is 5.10 Å². The van der Waals surface area contributed by atoms with Gasteiger partial charge in [-0.15, -0.1) is 0 Å². The SMILES string of the molecule is Cc1c(C(=O)N2C[C@@H]3CCC[C@@]3(C(=O)O)C2)cnn1C1CCCCC1. The molecule has 1 aliphatic heterocycles. The largest absolute Gasteiger partial charge is 0.481 e. The van der Waals surface area contributed by atoms with Crippen LogP contribution in [0.4, 0.5) is 0 Å². The van der Waals surface area contributed by atoms with Gasteiger partial charge in [-0.1, -0.05) is 25.7 Å². The second-order valence-electron chi connectivity index (χ2n) is 8.12. The Labute approximate surface area is 148 Å². The first kappa shape index (κ1) is 16.6. The van der Waals surface area contributed by atoms with E-state index in [1.807, 2.05) is 11.6 Å². The predicted octanol–water partition coefficient (Wildman–Crippen LogP) is 3.02. The second-order valence-corrected chi connectivity index (χ2v) is 8.12. The molecule has 0 radical (unpaired) electrons. The van der Waals surface area contributed by atoms with Gasteiger partial charge in [-0.3, -0.25) is 14.3 Å². The highest BCUT2D eigenvalue weighted by Crippen LogP contribution is 2.49. The molecule has 2 aliphatic carbocycles. The van der Waals surface area contributed by atoms with Crippen LogP contribution in [0.5, 0.6) is 0 Å². The van der Waals surface area contributed by atoms with Crippen molar-refractivity contribution in [3.05, 3.63) is 17.5 Å². The summed E-state index contributed by atoms with van der Waals surface area (Å²) >= 11 is 0. The van der Waals surface area contributed by atoms with E-state index < -0.39 is 11.4 Å². The van der Waals surface area contributed by atoms with E-state index in [0.29, 0.717) is 31.1 Å². The lowest BCUT2D eigenvalue weighted by molar-refractivity contribution is -0.149. The number of likely N-dealkylation sites (tertiary alicyclic amines) is 1. The van der Waals surface area contributed by atoms with Crippen molar-refractivity contribution >= 4 is 11.9 Å². The third-order valence-electron chi connectivity index (χ3n) is 6.78. The zero-order valence-corrected chi connectivity index (χ0v) is 14.9. The first-order valence-corrected chi connectivity index (χ1v) is 9.60. The lowest BCUT2D eigenvalue weighted by atomic mass is 9.81. The van der Waals surface area contributed by atoms with E-state index in [1.165, 1.54) is 19.3 Å². The van der Waals surface area contributed by atoms with Gasteiger partial charge in [0.25, 0.3) is 5.91 Å². The first-order valence-electron chi connectivity index (χ1n) is 9.60. The number of hydrogen-bond acceptors (Lipinski definition) is 3. The lowest BCUT2D eigenvalue weighted by Gasteiger charge is -2.24. The molecular weight excluding hydrogens is 318 g/mol. The molecule has 2 saturated carbocycles. The molecule has 0 aromatic carbocycles. The van der Waals surface area contributed by atoms with E-state index in [9.17, 15) is 14.7 Å². The average Bonchev–Trinajstić information content (AvgIpc) is 3.27.